The third kappa shape index (κ3) is 5.11. The molecule has 2 aromatic rings. The van der Waals surface area contributed by atoms with Gasteiger partial charge in [-0.25, -0.2) is 0 Å². The Labute approximate surface area is 149 Å². The number of hydrogen-bond acceptors (Lipinski definition) is 3. The molecule has 0 fully saturated rings. The van der Waals surface area contributed by atoms with Crippen molar-refractivity contribution in [3.63, 3.8) is 0 Å². The minimum Gasteiger partial charge on any atom is -0.490 e. The molecule has 1 amide bonds. The Balaban J connectivity index is 2.12. The normalized spacial score (nSPS) is 10.7. The summed E-state index contributed by atoms with van der Waals surface area (Å²) in [5.41, 5.74) is 3.82. The van der Waals surface area contributed by atoms with Crippen LogP contribution in [-0.2, 0) is 4.79 Å². The van der Waals surface area contributed by atoms with Crippen LogP contribution in [0.5, 0.6) is 11.5 Å². The smallest absolute Gasteiger partial charge is 0.248 e. The molecular formula is C21H25NO3. The fourth-order valence-electron chi connectivity index (χ4n) is 2.52. The van der Waals surface area contributed by atoms with Crippen LogP contribution in [0, 0.1) is 13.8 Å². The number of nitrogens with one attached hydrogen (secondary N) is 1. The van der Waals surface area contributed by atoms with Crippen LogP contribution >= 0.6 is 0 Å². The zero-order valence-electron chi connectivity index (χ0n) is 15.3. The Bertz CT molecular complexity index is 745. The molecule has 0 atom stereocenters. The number of carbonyl (C=O) groups excluding carboxylic acids is 1. The summed E-state index contributed by atoms with van der Waals surface area (Å²) in [5, 5.41) is 2.94. The molecule has 2 aromatic carbocycles. The number of ether oxygens (including phenoxy) is 2. The minimum atomic E-state index is -0.163. The Morgan fingerprint density at radius 1 is 1.00 bits per heavy atom. The summed E-state index contributed by atoms with van der Waals surface area (Å²) < 4.78 is 11.2. The highest BCUT2D eigenvalue weighted by Crippen LogP contribution is 2.29. The topological polar surface area (TPSA) is 47.6 Å². The minimum absolute atomic E-state index is 0.163. The summed E-state index contributed by atoms with van der Waals surface area (Å²) in [6.07, 6.45) is 3.29. The number of aryl methyl sites for hydroxylation is 2. The van der Waals surface area contributed by atoms with Crippen molar-refractivity contribution in [3.8, 4) is 11.5 Å². The van der Waals surface area contributed by atoms with E-state index in [1.807, 2.05) is 64.1 Å². The third-order valence-corrected chi connectivity index (χ3v) is 3.72. The number of anilines is 1. The molecule has 0 saturated heterocycles. The van der Waals surface area contributed by atoms with Gasteiger partial charge in [-0.05, 0) is 62.6 Å². The van der Waals surface area contributed by atoms with Crippen LogP contribution in [0.4, 0.5) is 5.69 Å². The van der Waals surface area contributed by atoms with Gasteiger partial charge in [-0.1, -0.05) is 24.3 Å². The van der Waals surface area contributed by atoms with E-state index in [1.54, 1.807) is 6.08 Å². The molecule has 0 bridgehead atoms. The van der Waals surface area contributed by atoms with Crippen LogP contribution in [0.25, 0.3) is 6.08 Å². The van der Waals surface area contributed by atoms with E-state index in [-0.39, 0.29) is 5.91 Å². The van der Waals surface area contributed by atoms with Crippen LogP contribution in [0.3, 0.4) is 0 Å². The van der Waals surface area contributed by atoms with Gasteiger partial charge in [0, 0.05) is 11.8 Å². The number of amides is 1. The van der Waals surface area contributed by atoms with Crippen LogP contribution < -0.4 is 14.8 Å². The lowest BCUT2D eigenvalue weighted by Gasteiger charge is -2.11. The first-order valence-corrected chi connectivity index (χ1v) is 8.50. The first kappa shape index (κ1) is 18.6. The van der Waals surface area contributed by atoms with E-state index in [4.69, 9.17) is 9.47 Å². The monoisotopic (exact) mass is 339 g/mol. The molecule has 4 nitrogen and oxygen atoms in total. The van der Waals surface area contributed by atoms with Gasteiger partial charge in [-0.2, -0.15) is 0 Å². The zero-order chi connectivity index (χ0) is 18.2. The summed E-state index contributed by atoms with van der Waals surface area (Å²) in [5.74, 6) is 1.23. The highest BCUT2D eigenvalue weighted by Gasteiger charge is 2.06. The van der Waals surface area contributed by atoms with Crippen LogP contribution in [0.1, 0.15) is 30.5 Å². The molecular weight excluding hydrogens is 314 g/mol. The van der Waals surface area contributed by atoms with Crippen LogP contribution in [0.15, 0.2) is 42.5 Å². The first-order chi connectivity index (χ1) is 12.0. The number of carbonyl (C=O) groups is 1. The van der Waals surface area contributed by atoms with Gasteiger partial charge in [0.15, 0.2) is 11.5 Å². The van der Waals surface area contributed by atoms with Gasteiger partial charge in [-0.3, -0.25) is 4.79 Å². The maximum Gasteiger partial charge on any atom is 0.248 e. The Kier molecular flexibility index (Phi) is 6.63. The molecule has 1 N–H and O–H groups in total. The quantitative estimate of drug-likeness (QED) is 0.740. The molecule has 0 spiro atoms. The van der Waals surface area contributed by atoms with Crippen molar-refractivity contribution in [2.24, 2.45) is 0 Å². The number of benzene rings is 2. The second-order valence-electron chi connectivity index (χ2n) is 5.66. The SMILES string of the molecule is CCOc1ccc(/C=C/C(=O)Nc2c(C)cccc2C)cc1OCC. The Morgan fingerprint density at radius 3 is 2.28 bits per heavy atom. The highest BCUT2D eigenvalue weighted by atomic mass is 16.5. The molecule has 0 aliphatic rings. The Hall–Kier alpha value is -2.75. The molecule has 0 aromatic heterocycles. The maximum atomic E-state index is 12.2. The first-order valence-electron chi connectivity index (χ1n) is 8.50. The molecule has 0 unspecified atom stereocenters. The second kappa shape index (κ2) is 8.92. The summed E-state index contributed by atoms with van der Waals surface area (Å²) in [7, 11) is 0. The fraction of sp³-hybridized carbons (Fsp3) is 0.286. The maximum absolute atomic E-state index is 12.2. The van der Waals surface area contributed by atoms with Gasteiger partial charge < -0.3 is 14.8 Å². The Morgan fingerprint density at radius 2 is 1.64 bits per heavy atom. The van der Waals surface area contributed by atoms with E-state index >= 15 is 0 Å². The van der Waals surface area contributed by atoms with Gasteiger partial charge in [0.1, 0.15) is 0 Å². The van der Waals surface area contributed by atoms with Crippen molar-refractivity contribution >= 4 is 17.7 Å². The molecule has 4 heteroatoms. The molecule has 2 rings (SSSR count). The van der Waals surface area contributed by atoms with Crippen molar-refractivity contribution in [1.29, 1.82) is 0 Å². The van der Waals surface area contributed by atoms with Crippen molar-refractivity contribution in [1.82, 2.24) is 0 Å². The number of para-hydroxylation sites is 1. The standard InChI is InChI=1S/C21H25NO3/c1-5-24-18-12-10-17(14-19(18)25-6-2)11-13-20(23)22-21-15(3)8-7-9-16(21)4/h7-14H,5-6H2,1-4H3,(H,22,23)/b13-11+. The average molecular weight is 339 g/mol. The predicted octanol–water partition coefficient (Wildman–Crippen LogP) is 4.75. The summed E-state index contributed by atoms with van der Waals surface area (Å²) >= 11 is 0. The molecule has 0 radical (unpaired) electrons. The van der Waals surface area contributed by atoms with Crippen molar-refractivity contribution < 1.29 is 14.3 Å². The van der Waals surface area contributed by atoms with Gasteiger partial charge in [-0.15, -0.1) is 0 Å². The summed E-state index contributed by atoms with van der Waals surface area (Å²) in [6, 6.07) is 11.6. The van der Waals surface area contributed by atoms with Crippen molar-refractivity contribution in [3.05, 3.63) is 59.2 Å². The average Bonchev–Trinajstić information content (AvgIpc) is 2.59. The summed E-state index contributed by atoms with van der Waals surface area (Å²) in [4.78, 5) is 12.2. The lowest BCUT2D eigenvalue weighted by atomic mass is 10.1. The van der Waals surface area contributed by atoms with Crippen LogP contribution in [0.2, 0.25) is 0 Å². The fourth-order valence-corrected chi connectivity index (χ4v) is 2.52. The van der Waals surface area contributed by atoms with Gasteiger partial charge in [0.25, 0.3) is 0 Å². The van der Waals surface area contributed by atoms with E-state index in [2.05, 4.69) is 5.32 Å². The van der Waals surface area contributed by atoms with E-state index < -0.39 is 0 Å². The molecule has 132 valence electrons. The van der Waals surface area contributed by atoms with Gasteiger partial charge in [0.05, 0.1) is 13.2 Å². The number of hydrogen-bond donors (Lipinski definition) is 1. The molecule has 25 heavy (non-hydrogen) atoms. The largest absolute Gasteiger partial charge is 0.490 e. The number of rotatable bonds is 7. The van der Waals surface area contributed by atoms with Crippen LogP contribution in [-0.4, -0.2) is 19.1 Å². The molecule has 0 saturated carbocycles. The molecule has 0 heterocycles. The summed E-state index contributed by atoms with van der Waals surface area (Å²) in [6.45, 7) is 8.95. The van der Waals surface area contributed by atoms with E-state index in [9.17, 15) is 4.79 Å². The second-order valence-corrected chi connectivity index (χ2v) is 5.66. The van der Waals surface area contributed by atoms with Crippen molar-refractivity contribution in [2.75, 3.05) is 18.5 Å². The lowest BCUT2D eigenvalue weighted by Crippen LogP contribution is -2.10. The molecule has 0 aliphatic heterocycles. The van der Waals surface area contributed by atoms with E-state index in [1.165, 1.54) is 6.08 Å². The third-order valence-electron chi connectivity index (χ3n) is 3.72. The predicted molar refractivity (Wildman–Crippen MR) is 102 cm³/mol. The van der Waals surface area contributed by atoms with E-state index in [0.29, 0.717) is 24.7 Å². The molecule has 0 aliphatic carbocycles. The highest BCUT2D eigenvalue weighted by molar-refractivity contribution is 6.02. The lowest BCUT2D eigenvalue weighted by molar-refractivity contribution is -0.111. The van der Waals surface area contributed by atoms with E-state index in [0.717, 1.165) is 22.4 Å². The van der Waals surface area contributed by atoms with Gasteiger partial charge >= 0.3 is 0 Å². The van der Waals surface area contributed by atoms with Crippen molar-refractivity contribution in [2.45, 2.75) is 27.7 Å². The zero-order valence-corrected chi connectivity index (χ0v) is 15.3. The van der Waals surface area contributed by atoms with Gasteiger partial charge in [0.2, 0.25) is 5.91 Å².